The quantitative estimate of drug-likeness (QED) is 0.690. The van der Waals surface area contributed by atoms with Gasteiger partial charge in [-0.25, -0.2) is 9.59 Å². The van der Waals surface area contributed by atoms with Crippen LogP contribution in [0.2, 0.25) is 0 Å². The van der Waals surface area contributed by atoms with E-state index >= 15 is 0 Å². The minimum Gasteiger partial charge on any atom is -0.489 e. The van der Waals surface area contributed by atoms with Gasteiger partial charge in [0.05, 0.1) is 12.2 Å². The van der Waals surface area contributed by atoms with Gasteiger partial charge in [-0.15, -0.1) is 0 Å². The number of ether oxygens (including phenoxy) is 3. The van der Waals surface area contributed by atoms with Crippen LogP contribution in [0, 0.1) is 0 Å². The number of benzene rings is 2. The van der Waals surface area contributed by atoms with Gasteiger partial charge in [-0.3, -0.25) is 10.1 Å². The molecule has 30 heavy (non-hydrogen) atoms. The number of esters is 1. The third kappa shape index (κ3) is 7.24. The number of carbonyl (C=O) groups excluding carboxylic acids is 3. The zero-order valence-corrected chi connectivity index (χ0v) is 17.7. The summed E-state index contributed by atoms with van der Waals surface area (Å²) in [5, 5.41) is 1.95. The normalized spacial score (nSPS) is 10.8. The molecule has 7 nitrogen and oxygen atoms in total. The summed E-state index contributed by atoms with van der Waals surface area (Å²) in [4.78, 5) is 34.6. The minimum absolute atomic E-state index is 0.0858. The van der Waals surface area contributed by atoms with Crippen molar-refractivity contribution in [2.24, 2.45) is 0 Å². The maximum Gasteiger partial charge on any atom is 0.413 e. The van der Waals surface area contributed by atoms with E-state index in [1.807, 2.05) is 29.6 Å². The maximum absolute atomic E-state index is 12.0. The molecule has 0 aromatic heterocycles. The topological polar surface area (TPSA) is 90.9 Å². The highest BCUT2D eigenvalue weighted by molar-refractivity contribution is 5.95. The monoisotopic (exact) mass is 413 g/mol. The van der Waals surface area contributed by atoms with E-state index in [9.17, 15) is 14.4 Å². The molecule has 0 aliphatic carbocycles. The molecule has 0 saturated heterocycles. The van der Waals surface area contributed by atoms with Crippen LogP contribution < -0.4 is 10.1 Å². The van der Waals surface area contributed by atoms with Crippen LogP contribution in [0.25, 0.3) is 0 Å². The first-order chi connectivity index (χ1) is 14.2. The molecule has 0 heterocycles. The van der Waals surface area contributed by atoms with Crippen LogP contribution in [0.1, 0.15) is 49.2 Å². The average Bonchev–Trinajstić information content (AvgIpc) is 2.70. The van der Waals surface area contributed by atoms with Gasteiger partial charge in [0.15, 0.2) is 6.61 Å². The van der Waals surface area contributed by atoms with Gasteiger partial charge >= 0.3 is 12.1 Å². The van der Waals surface area contributed by atoms with E-state index in [1.165, 1.54) is 5.56 Å². The van der Waals surface area contributed by atoms with Crippen molar-refractivity contribution in [1.82, 2.24) is 5.32 Å². The fraction of sp³-hybridized carbons (Fsp3) is 0.348. The lowest BCUT2D eigenvalue weighted by molar-refractivity contribution is -0.123. The molecule has 160 valence electrons. The molecule has 2 amide bonds. The predicted octanol–water partition coefficient (Wildman–Crippen LogP) is 3.99. The first-order valence-electron chi connectivity index (χ1n) is 9.65. The molecule has 2 rings (SSSR count). The van der Waals surface area contributed by atoms with Gasteiger partial charge in [0.25, 0.3) is 5.91 Å². The third-order valence-electron chi connectivity index (χ3n) is 4.17. The summed E-state index contributed by atoms with van der Waals surface area (Å²) in [6, 6.07) is 14.7. The molecule has 0 fully saturated rings. The van der Waals surface area contributed by atoms with Crippen molar-refractivity contribution in [3.05, 3.63) is 65.2 Å². The van der Waals surface area contributed by atoms with Crippen molar-refractivity contribution < 1.29 is 28.6 Å². The summed E-state index contributed by atoms with van der Waals surface area (Å²) in [5.74, 6) is -0.664. The van der Waals surface area contributed by atoms with E-state index in [1.54, 1.807) is 31.2 Å². The summed E-state index contributed by atoms with van der Waals surface area (Å²) in [5.41, 5.74) is 2.49. The van der Waals surface area contributed by atoms with Gasteiger partial charge in [-0.1, -0.05) is 45.0 Å². The predicted molar refractivity (Wildman–Crippen MR) is 111 cm³/mol. The van der Waals surface area contributed by atoms with E-state index in [0.29, 0.717) is 6.61 Å². The van der Waals surface area contributed by atoms with E-state index in [4.69, 9.17) is 9.47 Å². The van der Waals surface area contributed by atoms with Crippen molar-refractivity contribution in [1.29, 1.82) is 0 Å². The van der Waals surface area contributed by atoms with Gasteiger partial charge in [-0.05, 0) is 47.7 Å². The Balaban J connectivity index is 1.82. The van der Waals surface area contributed by atoms with Gasteiger partial charge in [-0.2, -0.15) is 0 Å². The second-order valence-corrected chi connectivity index (χ2v) is 7.60. The Bertz CT molecular complexity index is 866. The molecule has 2 aromatic carbocycles. The number of rotatable bonds is 7. The number of amides is 2. The van der Waals surface area contributed by atoms with Crippen molar-refractivity contribution in [3.63, 3.8) is 0 Å². The van der Waals surface area contributed by atoms with E-state index < -0.39 is 24.6 Å². The van der Waals surface area contributed by atoms with Crippen LogP contribution in [0.3, 0.4) is 0 Å². The average molecular weight is 413 g/mol. The molecule has 1 N–H and O–H groups in total. The second-order valence-electron chi connectivity index (χ2n) is 7.60. The Morgan fingerprint density at radius 1 is 0.900 bits per heavy atom. The summed E-state index contributed by atoms with van der Waals surface area (Å²) in [7, 11) is 0. The SMILES string of the molecule is CCOC(=O)NC(=O)COC(=O)c1ccc(COc2ccc(C(C)(C)C)cc2)cc1. The van der Waals surface area contributed by atoms with Crippen molar-refractivity contribution in [2.75, 3.05) is 13.2 Å². The Kier molecular flexibility index (Phi) is 7.98. The van der Waals surface area contributed by atoms with Crippen LogP contribution in [0.5, 0.6) is 5.75 Å². The van der Waals surface area contributed by atoms with E-state index in [0.717, 1.165) is 11.3 Å². The summed E-state index contributed by atoms with van der Waals surface area (Å²) in [6.07, 6.45) is -0.879. The number of carbonyl (C=O) groups is 3. The second kappa shape index (κ2) is 10.4. The zero-order chi connectivity index (χ0) is 22.1. The van der Waals surface area contributed by atoms with Crippen molar-refractivity contribution in [3.8, 4) is 5.75 Å². The zero-order valence-electron chi connectivity index (χ0n) is 17.7. The molecule has 0 atom stereocenters. The van der Waals surface area contributed by atoms with Crippen LogP contribution in [-0.4, -0.2) is 31.2 Å². The molecule has 0 spiro atoms. The molecule has 0 radical (unpaired) electrons. The van der Waals surface area contributed by atoms with Crippen LogP contribution in [0.15, 0.2) is 48.5 Å². The number of alkyl carbamates (subject to hydrolysis) is 1. The van der Waals surface area contributed by atoms with Gasteiger partial charge in [0.1, 0.15) is 12.4 Å². The number of nitrogens with one attached hydrogen (secondary N) is 1. The van der Waals surface area contributed by atoms with Crippen LogP contribution >= 0.6 is 0 Å². The Labute approximate surface area is 176 Å². The van der Waals surface area contributed by atoms with Crippen LogP contribution in [0.4, 0.5) is 4.79 Å². The van der Waals surface area contributed by atoms with Gasteiger partial charge < -0.3 is 14.2 Å². The summed E-state index contributed by atoms with van der Waals surface area (Å²) >= 11 is 0. The van der Waals surface area contributed by atoms with Gasteiger partial charge in [0, 0.05) is 0 Å². The molecule has 0 aliphatic rings. The lowest BCUT2D eigenvalue weighted by Gasteiger charge is -2.19. The highest BCUT2D eigenvalue weighted by Crippen LogP contribution is 2.24. The molecule has 0 saturated carbocycles. The molecule has 7 heteroatoms. The first kappa shape index (κ1) is 22.9. The third-order valence-corrected chi connectivity index (χ3v) is 4.17. The molecule has 0 bridgehead atoms. The molecular formula is C23H27NO6. The van der Waals surface area contributed by atoms with Crippen molar-refractivity contribution in [2.45, 2.75) is 39.7 Å². The lowest BCUT2D eigenvalue weighted by atomic mass is 9.87. The molecule has 0 aliphatic heterocycles. The summed E-state index contributed by atoms with van der Waals surface area (Å²) in [6.45, 7) is 7.99. The van der Waals surface area contributed by atoms with Crippen molar-refractivity contribution >= 4 is 18.0 Å². The molecule has 0 unspecified atom stereocenters. The lowest BCUT2D eigenvalue weighted by Crippen LogP contribution is -2.34. The smallest absolute Gasteiger partial charge is 0.413 e. The minimum atomic E-state index is -0.879. The summed E-state index contributed by atoms with van der Waals surface area (Å²) < 4.78 is 15.2. The molecular weight excluding hydrogens is 386 g/mol. The van der Waals surface area contributed by atoms with Crippen LogP contribution in [-0.2, 0) is 26.3 Å². The maximum atomic E-state index is 12.0. The largest absolute Gasteiger partial charge is 0.489 e. The van der Waals surface area contributed by atoms with E-state index in [2.05, 4.69) is 25.5 Å². The standard InChI is InChI=1S/C23H27NO6/c1-5-28-22(27)24-20(25)15-30-21(26)17-8-6-16(7-9-17)14-29-19-12-10-18(11-13-19)23(2,3)4/h6-13H,5,14-15H2,1-4H3,(H,24,25,27). The number of hydrogen-bond acceptors (Lipinski definition) is 6. The number of hydrogen-bond donors (Lipinski definition) is 1. The Morgan fingerprint density at radius 3 is 2.10 bits per heavy atom. The Hall–Kier alpha value is -3.35. The van der Waals surface area contributed by atoms with E-state index in [-0.39, 0.29) is 17.6 Å². The van der Waals surface area contributed by atoms with Gasteiger partial charge in [0.2, 0.25) is 0 Å². The highest BCUT2D eigenvalue weighted by atomic mass is 16.6. The fourth-order valence-electron chi connectivity index (χ4n) is 2.49. The Morgan fingerprint density at radius 2 is 1.53 bits per heavy atom. The fourth-order valence-corrected chi connectivity index (χ4v) is 2.49. The number of imide groups is 1. The first-order valence-corrected chi connectivity index (χ1v) is 9.65. The molecule has 2 aromatic rings. The highest BCUT2D eigenvalue weighted by Gasteiger charge is 2.14.